The maximum Gasteiger partial charge on any atom is 0.143 e. The molecule has 2 rings (SSSR count). The van der Waals surface area contributed by atoms with E-state index < -0.39 is 5.82 Å². The topological polar surface area (TPSA) is 35.8 Å². The van der Waals surface area contributed by atoms with Gasteiger partial charge in [0, 0.05) is 15.8 Å². The fraction of sp³-hybridized carbons (Fsp3) is 0.267. The van der Waals surface area contributed by atoms with Crippen LogP contribution in [0.25, 0.3) is 0 Å². The molecular weight excluding hydrogens is 259 g/mol. The molecule has 0 amide bonds. The normalized spacial score (nSPS) is 11.9. The van der Waals surface area contributed by atoms with Crippen LogP contribution in [0.2, 0.25) is 0 Å². The Balaban J connectivity index is 2.30. The second-order valence-corrected chi connectivity index (χ2v) is 5.97. The molecule has 1 heterocycles. The molecule has 0 saturated carbocycles. The second kappa shape index (κ2) is 5.41. The van der Waals surface area contributed by atoms with Crippen LogP contribution >= 0.6 is 11.3 Å². The summed E-state index contributed by atoms with van der Waals surface area (Å²) in [6, 6.07) is 8.71. The predicted octanol–water partition coefficient (Wildman–Crippen LogP) is 4.55. The van der Waals surface area contributed by atoms with Crippen molar-refractivity contribution in [2.24, 2.45) is 0 Å². The van der Waals surface area contributed by atoms with Crippen molar-refractivity contribution in [1.82, 2.24) is 0 Å². The zero-order valence-corrected chi connectivity index (χ0v) is 11.9. The fourth-order valence-corrected chi connectivity index (χ4v) is 3.17. The number of rotatable bonds is 3. The van der Waals surface area contributed by atoms with Gasteiger partial charge in [0.15, 0.2) is 0 Å². The van der Waals surface area contributed by atoms with Gasteiger partial charge in [-0.15, -0.1) is 11.3 Å². The maximum atomic E-state index is 13.5. The third-order valence-corrected chi connectivity index (χ3v) is 4.03. The molecule has 0 bridgehead atoms. The number of hydrogen-bond donors (Lipinski definition) is 1. The molecule has 1 aromatic carbocycles. The number of nitriles is 1. The molecule has 4 heteroatoms. The van der Waals surface area contributed by atoms with E-state index in [1.807, 2.05) is 13.0 Å². The fourth-order valence-electron chi connectivity index (χ4n) is 2.15. The Kier molecular flexibility index (Phi) is 3.87. The number of benzene rings is 1. The average molecular weight is 274 g/mol. The van der Waals surface area contributed by atoms with Crippen LogP contribution in [-0.4, -0.2) is 0 Å². The van der Waals surface area contributed by atoms with Gasteiger partial charge >= 0.3 is 0 Å². The third kappa shape index (κ3) is 2.77. The summed E-state index contributed by atoms with van der Waals surface area (Å²) in [6.07, 6.45) is 0. The van der Waals surface area contributed by atoms with Gasteiger partial charge in [-0.05, 0) is 44.5 Å². The van der Waals surface area contributed by atoms with Gasteiger partial charge in [-0.25, -0.2) is 4.39 Å². The molecule has 0 aliphatic carbocycles. The largest absolute Gasteiger partial charge is 0.377 e. The lowest BCUT2D eigenvalue weighted by molar-refractivity contribution is 0.624. The van der Waals surface area contributed by atoms with E-state index in [4.69, 9.17) is 5.26 Å². The predicted molar refractivity (Wildman–Crippen MR) is 76.9 cm³/mol. The minimum atomic E-state index is -0.488. The molecule has 0 aliphatic rings. The van der Waals surface area contributed by atoms with Crippen LogP contribution in [0.1, 0.15) is 33.8 Å². The number of halogens is 1. The number of hydrogen-bond acceptors (Lipinski definition) is 3. The molecule has 0 fully saturated rings. The lowest BCUT2D eigenvalue weighted by Crippen LogP contribution is -2.08. The molecule has 1 aromatic heterocycles. The van der Waals surface area contributed by atoms with Crippen molar-refractivity contribution in [3.05, 3.63) is 51.0 Å². The van der Waals surface area contributed by atoms with Crippen molar-refractivity contribution in [1.29, 1.82) is 5.26 Å². The first-order chi connectivity index (χ1) is 9.02. The highest BCUT2D eigenvalue weighted by Gasteiger charge is 2.14. The first-order valence-electron chi connectivity index (χ1n) is 6.05. The van der Waals surface area contributed by atoms with E-state index in [9.17, 15) is 4.39 Å². The van der Waals surface area contributed by atoms with Crippen molar-refractivity contribution in [2.45, 2.75) is 26.8 Å². The third-order valence-electron chi connectivity index (χ3n) is 3.04. The summed E-state index contributed by atoms with van der Waals surface area (Å²) in [6.45, 7) is 6.15. The standard InChI is InChI=1S/C15H15FN2S/c1-9-7-12(11(3)19-9)10(2)18-15-6-4-5-14(16)13(15)8-17/h4-7,10,18H,1-3H3. The molecule has 98 valence electrons. The van der Waals surface area contributed by atoms with E-state index in [0.29, 0.717) is 5.69 Å². The summed E-state index contributed by atoms with van der Waals surface area (Å²) in [7, 11) is 0. The molecular formula is C15H15FN2S. The summed E-state index contributed by atoms with van der Waals surface area (Å²) in [4.78, 5) is 2.49. The molecule has 1 unspecified atom stereocenters. The Morgan fingerprint density at radius 3 is 2.68 bits per heavy atom. The second-order valence-electron chi connectivity index (χ2n) is 4.51. The van der Waals surface area contributed by atoms with Gasteiger partial charge in [-0.1, -0.05) is 6.07 Å². The summed E-state index contributed by atoms with van der Waals surface area (Å²) in [5.41, 5.74) is 1.80. The van der Waals surface area contributed by atoms with E-state index in [0.717, 1.165) is 0 Å². The Labute approximate surface area is 116 Å². The van der Waals surface area contributed by atoms with E-state index in [2.05, 4.69) is 25.2 Å². The van der Waals surface area contributed by atoms with Crippen LogP contribution < -0.4 is 5.32 Å². The summed E-state index contributed by atoms with van der Waals surface area (Å²) >= 11 is 1.74. The van der Waals surface area contributed by atoms with Gasteiger partial charge in [0.25, 0.3) is 0 Å². The van der Waals surface area contributed by atoms with E-state index in [1.165, 1.54) is 21.4 Å². The molecule has 0 aliphatic heterocycles. The Hall–Kier alpha value is -1.86. The van der Waals surface area contributed by atoms with Gasteiger partial charge in [-0.3, -0.25) is 0 Å². The van der Waals surface area contributed by atoms with E-state index >= 15 is 0 Å². The maximum absolute atomic E-state index is 13.5. The van der Waals surface area contributed by atoms with E-state index in [1.54, 1.807) is 23.5 Å². The molecule has 0 spiro atoms. The summed E-state index contributed by atoms with van der Waals surface area (Å²) in [5.74, 6) is -0.488. The van der Waals surface area contributed by atoms with Crippen LogP contribution in [0.3, 0.4) is 0 Å². The van der Waals surface area contributed by atoms with Gasteiger partial charge < -0.3 is 5.32 Å². The number of anilines is 1. The first kappa shape index (κ1) is 13.6. The Bertz CT molecular complexity index is 640. The van der Waals surface area contributed by atoms with Crippen molar-refractivity contribution in [2.75, 3.05) is 5.32 Å². The van der Waals surface area contributed by atoms with Gasteiger partial charge in [0.05, 0.1) is 5.69 Å². The summed E-state index contributed by atoms with van der Waals surface area (Å²) < 4.78 is 13.5. The number of nitrogens with one attached hydrogen (secondary N) is 1. The van der Waals surface area contributed by atoms with Crippen molar-refractivity contribution >= 4 is 17.0 Å². The van der Waals surface area contributed by atoms with Crippen LogP contribution in [0.4, 0.5) is 10.1 Å². The highest BCUT2D eigenvalue weighted by atomic mass is 32.1. The van der Waals surface area contributed by atoms with Gasteiger partial charge in [0.1, 0.15) is 17.4 Å². The highest BCUT2D eigenvalue weighted by Crippen LogP contribution is 2.29. The molecule has 0 radical (unpaired) electrons. The monoisotopic (exact) mass is 274 g/mol. The first-order valence-corrected chi connectivity index (χ1v) is 6.86. The van der Waals surface area contributed by atoms with Crippen molar-refractivity contribution in [3.8, 4) is 6.07 Å². The lowest BCUT2D eigenvalue weighted by atomic mass is 10.1. The number of nitrogens with zero attached hydrogens (tertiary/aromatic N) is 1. The smallest absolute Gasteiger partial charge is 0.143 e. The Morgan fingerprint density at radius 2 is 2.11 bits per heavy atom. The zero-order valence-electron chi connectivity index (χ0n) is 11.1. The van der Waals surface area contributed by atoms with Crippen LogP contribution in [0.15, 0.2) is 24.3 Å². The lowest BCUT2D eigenvalue weighted by Gasteiger charge is -2.16. The molecule has 2 nitrogen and oxygen atoms in total. The highest BCUT2D eigenvalue weighted by molar-refractivity contribution is 7.12. The minimum Gasteiger partial charge on any atom is -0.377 e. The SMILES string of the molecule is Cc1cc(C(C)Nc2cccc(F)c2C#N)c(C)s1. The minimum absolute atomic E-state index is 0.0406. The van der Waals surface area contributed by atoms with Crippen molar-refractivity contribution < 1.29 is 4.39 Å². The van der Waals surface area contributed by atoms with Crippen LogP contribution in [0.5, 0.6) is 0 Å². The quantitative estimate of drug-likeness (QED) is 0.891. The summed E-state index contributed by atoms with van der Waals surface area (Å²) in [5, 5.41) is 12.2. The average Bonchev–Trinajstić information content (AvgIpc) is 2.69. The van der Waals surface area contributed by atoms with Crippen molar-refractivity contribution in [3.63, 3.8) is 0 Å². The van der Waals surface area contributed by atoms with Gasteiger partial charge in [-0.2, -0.15) is 5.26 Å². The molecule has 0 saturated heterocycles. The van der Waals surface area contributed by atoms with E-state index in [-0.39, 0.29) is 11.6 Å². The van der Waals surface area contributed by atoms with Crippen LogP contribution in [-0.2, 0) is 0 Å². The van der Waals surface area contributed by atoms with Gasteiger partial charge in [0.2, 0.25) is 0 Å². The molecule has 1 atom stereocenters. The Morgan fingerprint density at radius 1 is 1.37 bits per heavy atom. The molecule has 2 aromatic rings. The van der Waals surface area contributed by atoms with Crippen LogP contribution in [0, 0.1) is 31.0 Å². The zero-order chi connectivity index (χ0) is 14.0. The number of thiophene rings is 1. The number of aryl methyl sites for hydroxylation is 2. The molecule has 19 heavy (non-hydrogen) atoms. The molecule has 1 N–H and O–H groups in total.